The van der Waals surface area contributed by atoms with Gasteiger partial charge in [0.2, 0.25) is 5.88 Å². The normalized spacial score (nSPS) is 26.2. The van der Waals surface area contributed by atoms with Crippen LogP contribution in [0.5, 0.6) is 5.88 Å². The summed E-state index contributed by atoms with van der Waals surface area (Å²) in [5.41, 5.74) is 9.13. The molecular formula is C18H24N4O2. The van der Waals surface area contributed by atoms with E-state index in [1.165, 1.54) is 0 Å². The lowest BCUT2D eigenvalue weighted by atomic mass is 9.76. The third kappa shape index (κ3) is 2.59. The van der Waals surface area contributed by atoms with Crippen LogP contribution < -0.4 is 15.4 Å². The van der Waals surface area contributed by atoms with Crippen LogP contribution in [-0.4, -0.2) is 47.4 Å². The summed E-state index contributed by atoms with van der Waals surface area (Å²) in [4.78, 5) is 11.4. The van der Waals surface area contributed by atoms with E-state index in [1.807, 2.05) is 24.4 Å². The SMILES string of the molecule is COc1ccc2nccc(N3CCC4(CC3)C[C@@H](O)[C@@H](N)C4)c2n1. The number of anilines is 1. The first-order valence-electron chi connectivity index (χ1n) is 8.59. The largest absolute Gasteiger partial charge is 0.481 e. The number of nitrogens with two attached hydrogens (primary N) is 1. The predicted octanol–water partition coefficient (Wildman–Crippen LogP) is 1.71. The lowest BCUT2D eigenvalue weighted by Crippen LogP contribution is -2.39. The summed E-state index contributed by atoms with van der Waals surface area (Å²) in [7, 11) is 1.63. The highest BCUT2D eigenvalue weighted by Crippen LogP contribution is 2.46. The Kier molecular flexibility index (Phi) is 3.81. The van der Waals surface area contributed by atoms with Crippen molar-refractivity contribution < 1.29 is 9.84 Å². The van der Waals surface area contributed by atoms with Gasteiger partial charge in [0.05, 0.1) is 24.4 Å². The Morgan fingerprint density at radius 2 is 2.04 bits per heavy atom. The van der Waals surface area contributed by atoms with E-state index < -0.39 is 0 Å². The number of piperidine rings is 1. The van der Waals surface area contributed by atoms with Crippen molar-refractivity contribution in [2.75, 3.05) is 25.1 Å². The van der Waals surface area contributed by atoms with Gasteiger partial charge in [0.1, 0.15) is 5.52 Å². The second kappa shape index (κ2) is 5.86. The molecule has 2 aromatic heterocycles. The quantitative estimate of drug-likeness (QED) is 0.873. The summed E-state index contributed by atoms with van der Waals surface area (Å²) < 4.78 is 5.27. The standard InChI is InChI=1S/C18H24N4O2/c1-24-16-3-2-13-17(21-16)14(4-7-20-13)22-8-5-18(6-9-22)10-12(19)15(23)11-18/h2-4,7,12,15,23H,5-6,8-11,19H2,1H3/t12-,15+/m0/s1. The van der Waals surface area contributed by atoms with Crippen LogP contribution in [0.25, 0.3) is 11.0 Å². The number of ether oxygens (including phenoxy) is 1. The lowest BCUT2D eigenvalue weighted by Gasteiger charge is -2.40. The van der Waals surface area contributed by atoms with Crippen LogP contribution in [0.4, 0.5) is 5.69 Å². The first-order valence-corrected chi connectivity index (χ1v) is 8.59. The van der Waals surface area contributed by atoms with E-state index in [0.29, 0.717) is 5.88 Å². The Labute approximate surface area is 141 Å². The fourth-order valence-electron chi connectivity index (χ4n) is 4.31. The first-order chi connectivity index (χ1) is 11.6. The topological polar surface area (TPSA) is 84.5 Å². The van der Waals surface area contributed by atoms with Crippen molar-refractivity contribution in [1.29, 1.82) is 0 Å². The number of pyridine rings is 2. The Morgan fingerprint density at radius 1 is 1.25 bits per heavy atom. The number of aliphatic hydroxyl groups excluding tert-OH is 1. The van der Waals surface area contributed by atoms with Gasteiger partial charge in [0.15, 0.2) is 0 Å². The van der Waals surface area contributed by atoms with E-state index in [-0.39, 0.29) is 17.6 Å². The van der Waals surface area contributed by atoms with Gasteiger partial charge in [-0.05, 0) is 43.2 Å². The summed E-state index contributed by atoms with van der Waals surface area (Å²) in [6.07, 6.45) is 5.39. The van der Waals surface area contributed by atoms with E-state index in [0.717, 1.165) is 55.5 Å². The van der Waals surface area contributed by atoms with Crippen LogP contribution in [0.2, 0.25) is 0 Å². The Balaban J connectivity index is 1.59. The smallest absolute Gasteiger partial charge is 0.213 e. The summed E-state index contributed by atoms with van der Waals surface area (Å²) in [6.45, 7) is 1.91. The van der Waals surface area contributed by atoms with E-state index in [1.54, 1.807) is 7.11 Å². The van der Waals surface area contributed by atoms with Gasteiger partial charge >= 0.3 is 0 Å². The van der Waals surface area contributed by atoms with Crippen LogP contribution in [-0.2, 0) is 0 Å². The highest BCUT2D eigenvalue weighted by molar-refractivity contribution is 5.88. The van der Waals surface area contributed by atoms with E-state index >= 15 is 0 Å². The van der Waals surface area contributed by atoms with Gasteiger partial charge < -0.3 is 20.5 Å². The van der Waals surface area contributed by atoms with E-state index in [4.69, 9.17) is 10.5 Å². The molecule has 1 saturated carbocycles. The van der Waals surface area contributed by atoms with Crippen LogP contribution in [0.15, 0.2) is 24.4 Å². The monoisotopic (exact) mass is 328 g/mol. The zero-order valence-electron chi connectivity index (χ0n) is 14.0. The van der Waals surface area contributed by atoms with Crippen LogP contribution >= 0.6 is 0 Å². The van der Waals surface area contributed by atoms with Gasteiger partial charge in [-0.25, -0.2) is 4.98 Å². The minimum Gasteiger partial charge on any atom is -0.481 e. The van der Waals surface area contributed by atoms with Gasteiger partial charge in [-0.2, -0.15) is 0 Å². The number of aliphatic hydroxyl groups is 1. The maximum absolute atomic E-state index is 10.0. The minimum absolute atomic E-state index is 0.0655. The number of aromatic nitrogens is 2. The molecule has 4 rings (SSSR count). The fraction of sp³-hybridized carbons (Fsp3) is 0.556. The van der Waals surface area contributed by atoms with Crippen molar-refractivity contribution in [3.8, 4) is 5.88 Å². The molecule has 3 N–H and O–H groups in total. The van der Waals surface area contributed by atoms with Gasteiger partial charge in [-0.3, -0.25) is 4.98 Å². The van der Waals surface area contributed by atoms with Gasteiger partial charge in [-0.15, -0.1) is 0 Å². The molecule has 2 aliphatic rings. The molecule has 1 saturated heterocycles. The molecule has 24 heavy (non-hydrogen) atoms. The molecule has 0 amide bonds. The van der Waals surface area contributed by atoms with Crippen LogP contribution in [0.1, 0.15) is 25.7 Å². The van der Waals surface area contributed by atoms with Crippen LogP contribution in [0.3, 0.4) is 0 Å². The molecule has 1 aliphatic carbocycles. The Morgan fingerprint density at radius 3 is 2.71 bits per heavy atom. The fourth-order valence-corrected chi connectivity index (χ4v) is 4.31. The molecule has 0 bridgehead atoms. The number of hydrogen-bond acceptors (Lipinski definition) is 6. The molecule has 0 unspecified atom stereocenters. The van der Waals surface area contributed by atoms with E-state index in [2.05, 4.69) is 14.9 Å². The second-order valence-corrected chi connectivity index (χ2v) is 7.18. The van der Waals surface area contributed by atoms with Crippen molar-refractivity contribution in [3.05, 3.63) is 24.4 Å². The molecule has 2 aromatic rings. The molecule has 6 heteroatoms. The third-order valence-corrected chi connectivity index (χ3v) is 5.72. The molecule has 0 radical (unpaired) electrons. The summed E-state index contributed by atoms with van der Waals surface area (Å²) >= 11 is 0. The van der Waals surface area contributed by atoms with Crippen molar-refractivity contribution in [2.45, 2.75) is 37.8 Å². The van der Waals surface area contributed by atoms with Gasteiger partial charge in [0, 0.05) is 31.4 Å². The summed E-state index contributed by atoms with van der Waals surface area (Å²) in [5.74, 6) is 0.607. The lowest BCUT2D eigenvalue weighted by molar-refractivity contribution is 0.138. The number of nitrogens with zero attached hydrogens (tertiary/aromatic N) is 3. The molecule has 1 aliphatic heterocycles. The number of fused-ring (bicyclic) bond motifs is 1. The first kappa shape index (κ1) is 15.6. The Hall–Kier alpha value is -1.92. The molecule has 128 valence electrons. The summed E-state index contributed by atoms with van der Waals surface area (Å²) in [5, 5.41) is 10.0. The Bertz CT molecular complexity index is 731. The zero-order chi connectivity index (χ0) is 16.7. The highest BCUT2D eigenvalue weighted by atomic mass is 16.5. The third-order valence-electron chi connectivity index (χ3n) is 5.72. The van der Waals surface area contributed by atoms with Gasteiger partial charge in [0.25, 0.3) is 0 Å². The average Bonchev–Trinajstić information content (AvgIpc) is 2.88. The molecule has 2 fully saturated rings. The van der Waals surface area contributed by atoms with Crippen molar-refractivity contribution >= 4 is 16.7 Å². The number of methoxy groups -OCH3 is 1. The second-order valence-electron chi connectivity index (χ2n) is 7.18. The molecule has 6 nitrogen and oxygen atoms in total. The number of rotatable bonds is 2. The van der Waals surface area contributed by atoms with Crippen molar-refractivity contribution in [3.63, 3.8) is 0 Å². The molecular weight excluding hydrogens is 304 g/mol. The van der Waals surface area contributed by atoms with Gasteiger partial charge in [-0.1, -0.05) is 0 Å². The van der Waals surface area contributed by atoms with Crippen LogP contribution in [0, 0.1) is 5.41 Å². The molecule has 3 heterocycles. The van der Waals surface area contributed by atoms with E-state index in [9.17, 15) is 5.11 Å². The number of hydrogen-bond donors (Lipinski definition) is 2. The highest BCUT2D eigenvalue weighted by Gasteiger charge is 2.44. The van der Waals surface area contributed by atoms with Crippen molar-refractivity contribution in [2.24, 2.45) is 11.1 Å². The molecule has 0 aromatic carbocycles. The summed E-state index contributed by atoms with van der Waals surface area (Å²) in [6, 6.07) is 5.75. The molecule has 2 atom stereocenters. The average molecular weight is 328 g/mol. The molecule has 1 spiro atoms. The maximum Gasteiger partial charge on any atom is 0.213 e. The zero-order valence-corrected chi connectivity index (χ0v) is 14.0. The van der Waals surface area contributed by atoms with Crippen molar-refractivity contribution in [1.82, 2.24) is 9.97 Å². The minimum atomic E-state index is -0.343. The predicted molar refractivity (Wildman–Crippen MR) is 93.2 cm³/mol. The maximum atomic E-state index is 10.0.